The Kier molecular flexibility index (Phi) is 1.44. The summed E-state index contributed by atoms with van der Waals surface area (Å²) in [6.45, 7) is 0. The first kappa shape index (κ1) is 8.68. The van der Waals surface area contributed by atoms with E-state index in [1.165, 1.54) is 27.3 Å². The SMILES string of the molecule is [N-]=[N+]=c1ccc2cc3cccc4ccc1c-2c43. The maximum atomic E-state index is 9.03. The van der Waals surface area contributed by atoms with Gasteiger partial charge in [0.15, 0.2) is 0 Å². The van der Waals surface area contributed by atoms with E-state index in [4.69, 9.17) is 5.53 Å². The van der Waals surface area contributed by atoms with Gasteiger partial charge in [0.05, 0.1) is 5.39 Å². The minimum Gasteiger partial charge on any atom is -0.361 e. The maximum absolute atomic E-state index is 9.03. The molecule has 0 aromatic heterocycles. The van der Waals surface area contributed by atoms with Gasteiger partial charge in [0.25, 0.3) is 0 Å². The molecule has 0 aliphatic heterocycles. The molecule has 17 heavy (non-hydrogen) atoms. The van der Waals surface area contributed by atoms with Gasteiger partial charge in [-0.25, -0.2) is 0 Å². The van der Waals surface area contributed by atoms with Gasteiger partial charge in [-0.15, -0.1) is 0 Å². The summed E-state index contributed by atoms with van der Waals surface area (Å²) in [5, 5.41) is 5.40. The van der Waals surface area contributed by atoms with Gasteiger partial charge in [-0.05, 0) is 39.9 Å². The van der Waals surface area contributed by atoms with Crippen molar-refractivity contribution in [1.29, 1.82) is 0 Å². The minimum atomic E-state index is 0.635. The van der Waals surface area contributed by atoms with Gasteiger partial charge in [-0.2, -0.15) is 4.79 Å². The van der Waals surface area contributed by atoms with E-state index in [9.17, 15) is 0 Å². The second kappa shape index (κ2) is 2.82. The number of nitrogens with zero attached hydrogens (tertiary/aromatic N) is 2. The molecular weight excluding hydrogens is 208 g/mol. The van der Waals surface area contributed by atoms with Gasteiger partial charge in [-0.1, -0.05) is 24.3 Å². The Balaban J connectivity index is 2.49. The van der Waals surface area contributed by atoms with Crippen LogP contribution < -0.4 is 5.36 Å². The molecule has 2 heteroatoms. The molecule has 0 unspecified atom stereocenters. The Morgan fingerprint density at radius 3 is 2.65 bits per heavy atom. The van der Waals surface area contributed by atoms with Crippen LogP contribution in [0.5, 0.6) is 0 Å². The summed E-state index contributed by atoms with van der Waals surface area (Å²) in [6.07, 6.45) is 0. The lowest BCUT2D eigenvalue weighted by atomic mass is 9.97. The highest BCUT2D eigenvalue weighted by molar-refractivity contribution is 6.17. The van der Waals surface area contributed by atoms with Crippen molar-refractivity contribution in [2.45, 2.75) is 0 Å². The summed E-state index contributed by atoms with van der Waals surface area (Å²) in [7, 11) is 0. The molecule has 2 aliphatic rings. The molecule has 0 N–H and O–H groups in total. The van der Waals surface area contributed by atoms with Gasteiger partial charge in [0, 0.05) is 11.6 Å². The highest BCUT2D eigenvalue weighted by Crippen LogP contribution is 2.39. The fraction of sp³-hybridized carbons (Fsp3) is 0. The minimum absolute atomic E-state index is 0.635. The predicted octanol–water partition coefficient (Wildman–Crippen LogP) is 3.10. The summed E-state index contributed by atoms with van der Waals surface area (Å²) in [5.41, 5.74) is 11.4. The lowest BCUT2D eigenvalue weighted by Crippen LogP contribution is -2.04. The number of hydrogen-bond acceptors (Lipinski definition) is 0. The Hall–Kier alpha value is -2.44. The number of hydrogen-bond donors (Lipinski definition) is 0. The van der Waals surface area contributed by atoms with Crippen LogP contribution in [-0.2, 0) is 0 Å². The zero-order valence-electron chi connectivity index (χ0n) is 9.01. The lowest BCUT2D eigenvalue weighted by molar-refractivity contribution is -0.0626. The molecule has 0 saturated heterocycles. The third kappa shape index (κ3) is 0.955. The molecule has 2 aromatic carbocycles. The normalized spacial score (nSPS) is 11.5. The molecule has 78 valence electrons. The van der Waals surface area contributed by atoms with Gasteiger partial charge in [0.2, 0.25) is 0 Å². The van der Waals surface area contributed by atoms with Crippen LogP contribution in [0.25, 0.3) is 38.2 Å². The van der Waals surface area contributed by atoms with Crippen LogP contribution >= 0.6 is 0 Å². The van der Waals surface area contributed by atoms with Gasteiger partial charge < -0.3 is 5.53 Å². The van der Waals surface area contributed by atoms with Crippen molar-refractivity contribution in [3.05, 3.63) is 59.4 Å². The van der Waals surface area contributed by atoms with E-state index in [0.717, 1.165) is 5.39 Å². The van der Waals surface area contributed by atoms with E-state index in [1.54, 1.807) is 0 Å². The van der Waals surface area contributed by atoms with Gasteiger partial charge in [-0.3, -0.25) is 0 Å². The second-order valence-electron chi connectivity index (χ2n) is 4.35. The summed E-state index contributed by atoms with van der Waals surface area (Å²) in [5.74, 6) is 0. The number of rotatable bonds is 0. The van der Waals surface area contributed by atoms with E-state index in [1.807, 2.05) is 18.2 Å². The van der Waals surface area contributed by atoms with Crippen molar-refractivity contribution in [2.24, 2.45) is 0 Å². The Morgan fingerprint density at radius 2 is 1.76 bits per heavy atom. The van der Waals surface area contributed by atoms with Crippen LogP contribution in [0.4, 0.5) is 0 Å². The largest absolute Gasteiger partial charge is 0.361 e. The summed E-state index contributed by atoms with van der Waals surface area (Å²) in [6, 6.07) is 16.5. The standard InChI is InChI=1S/C15H8N2/c16-17-13-7-5-11-8-10-3-1-2-9-4-6-12(13)15(11)14(9)10/h1-8H. The average molecular weight is 216 g/mol. The molecule has 0 atom stereocenters. The third-order valence-electron chi connectivity index (χ3n) is 3.48. The van der Waals surface area contributed by atoms with Crippen LogP contribution in [0.3, 0.4) is 0 Å². The highest BCUT2D eigenvalue weighted by Gasteiger charge is 2.17. The third-order valence-corrected chi connectivity index (χ3v) is 3.48. The summed E-state index contributed by atoms with van der Waals surface area (Å²) >= 11 is 0. The fourth-order valence-electron chi connectivity index (χ4n) is 2.76. The van der Waals surface area contributed by atoms with E-state index < -0.39 is 0 Å². The van der Waals surface area contributed by atoms with Crippen LogP contribution in [0.2, 0.25) is 0 Å². The quantitative estimate of drug-likeness (QED) is 0.246. The zero-order chi connectivity index (χ0) is 11.4. The zero-order valence-corrected chi connectivity index (χ0v) is 9.01. The van der Waals surface area contributed by atoms with Crippen molar-refractivity contribution in [2.75, 3.05) is 0 Å². The maximum Gasteiger partial charge on any atom is 0.323 e. The Labute approximate surface area is 97.4 Å². The van der Waals surface area contributed by atoms with Crippen LogP contribution in [0.15, 0.2) is 48.5 Å². The molecule has 0 spiro atoms. The highest BCUT2D eigenvalue weighted by atomic mass is 14.8. The molecule has 2 aliphatic carbocycles. The van der Waals surface area contributed by atoms with Crippen molar-refractivity contribution in [3.63, 3.8) is 0 Å². The summed E-state index contributed by atoms with van der Waals surface area (Å²) in [4.78, 5) is 3.36. The smallest absolute Gasteiger partial charge is 0.323 e. The monoisotopic (exact) mass is 216 g/mol. The molecular formula is C15H8N2. The molecule has 0 bridgehead atoms. The molecule has 0 saturated carbocycles. The number of benzene rings is 3. The molecule has 4 rings (SSSR count). The first-order valence-corrected chi connectivity index (χ1v) is 5.57. The lowest BCUT2D eigenvalue weighted by Gasteiger charge is -2.04. The molecule has 2 nitrogen and oxygen atoms in total. The van der Waals surface area contributed by atoms with Crippen LogP contribution in [-0.4, -0.2) is 4.79 Å². The van der Waals surface area contributed by atoms with Crippen molar-refractivity contribution < 1.29 is 4.79 Å². The molecule has 0 amide bonds. The van der Waals surface area contributed by atoms with E-state index >= 15 is 0 Å². The van der Waals surface area contributed by atoms with E-state index in [2.05, 4.69) is 35.1 Å². The first-order chi connectivity index (χ1) is 8.38. The molecule has 2 aromatic rings. The van der Waals surface area contributed by atoms with E-state index in [0.29, 0.717) is 5.36 Å². The fourth-order valence-corrected chi connectivity index (χ4v) is 2.76. The first-order valence-electron chi connectivity index (χ1n) is 5.57. The second-order valence-corrected chi connectivity index (χ2v) is 4.35. The molecule has 0 fully saturated rings. The Bertz CT molecular complexity index is 888. The molecule has 0 radical (unpaired) electrons. The van der Waals surface area contributed by atoms with Crippen molar-refractivity contribution >= 4 is 21.5 Å². The topological polar surface area (TPSA) is 36.4 Å². The van der Waals surface area contributed by atoms with Crippen LogP contribution in [0, 0.1) is 0 Å². The Morgan fingerprint density at radius 1 is 0.882 bits per heavy atom. The van der Waals surface area contributed by atoms with Gasteiger partial charge in [0.1, 0.15) is 0 Å². The van der Waals surface area contributed by atoms with E-state index in [-0.39, 0.29) is 0 Å². The molecule has 0 heterocycles. The predicted molar refractivity (Wildman–Crippen MR) is 67.2 cm³/mol. The van der Waals surface area contributed by atoms with Gasteiger partial charge >= 0.3 is 5.36 Å². The van der Waals surface area contributed by atoms with Crippen molar-refractivity contribution in [1.82, 2.24) is 0 Å². The average Bonchev–Trinajstić information content (AvgIpc) is 2.76. The summed E-state index contributed by atoms with van der Waals surface area (Å²) < 4.78 is 0. The van der Waals surface area contributed by atoms with Crippen molar-refractivity contribution in [3.8, 4) is 11.1 Å². The van der Waals surface area contributed by atoms with Crippen LogP contribution in [0.1, 0.15) is 0 Å².